The molecular weight excluding hydrogens is 372 g/mol. The lowest BCUT2D eigenvalue weighted by atomic mass is 10.2. The molecule has 0 amide bonds. The molecule has 5 heteroatoms. The topological polar surface area (TPSA) is 27.1 Å². The second-order valence-electron chi connectivity index (χ2n) is 4.36. The van der Waals surface area contributed by atoms with Crippen molar-refractivity contribution in [2.45, 2.75) is 33.9 Å². The first-order chi connectivity index (χ1) is 9.02. The van der Waals surface area contributed by atoms with Crippen LogP contribution in [0.4, 0.5) is 0 Å². The Balaban J connectivity index is 2.21. The molecule has 1 aromatic heterocycles. The maximum atomic E-state index is 5.92. The predicted molar refractivity (Wildman–Crippen MR) is 83.5 cm³/mol. The number of benzene rings is 1. The summed E-state index contributed by atoms with van der Waals surface area (Å²) in [5.41, 5.74) is 3.18. The summed E-state index contributed by atoms with van der Waals surface area (Å²) in [5, 5.41) is 4.46. The third-order valence-electron chi connectivity index (χ3n) is 2.97. The average molecular weight is 388 g/mol. The zero-order valence-electron chi connectivity index (χ0n) is 11.2. The predicted octanol–water partition coefficient (Wildman–Crippen LogP) is 4.62. The van der Waals surface area contributed by atoms with Crippen molar-refractivity contribution >= 4 is 31.9 Å². The van der Waals surface area contributed by atoms with Gasteiger partial charge in [0, 0.05) is 11.0 Å². The van der Waals surface area contributed by atoms with Gasteiger partial charge in [0.05, 0.1) is 15.9 Å². The SMILES string of the molecule is CCn1nc(C)c(Br)c1COc1cc(Br)ccc1C. The number of rotatable bonds is 4. The van der Waals surface area contributed by atoms with Crippen molar-refractivity contribution < 1.29 is 4.74 Å². The Morgan fingerprint density at radius 2 is 2.00 bits per heavy atom. The first kappa shape index (κ1) is 14.6. The van der Waals surface area contributed by atoms with Gasteiger partial charge in [-0.2, -0.15) is 5.10 Å². The van der Waals surface area contributed by atoms with E-state index in [9.17, 15) is 0 Å². The van der Waals surface area contributed by atoms with Crippen molar-refractivity contribution in [3.63, 3.8) is 0 Å². The molecule has 0 bridgehead atoms. The number of ether oxygens (including phenoxy) is 1. The van der Waals surface area contributed by atoms with Gasteiger partial charge < -0.3 is 4.74 Å². The molecule has 1 aromatic carbocycles. The van der Waals surface area contributed by atoms with Crippen LogP contribution in [0, 0.1) is 13.8 Å². The fourth-order valence-electron chi connectivity index (χ4n) is 1.88. The molecule has 0 aliphatic carbocycles. The molecular formula is C14H16Br2N2O. The fraction of sp³-hybridized carbons (Fsp3) is 0.357. The summed E-state index contributed by atoms with van der Waals surface area (Å²) in [5.74, 6) is 0.891. The monoisotopic (exact) mass is 386 g/mol. The van der Waals surface area contributed by atoms with Gasteiger partial charge in [-0.25, -0.2) is 0 Å². The van der Waals surface area contributed by atoms with Crippen LogP contribution < -0.4 is 4.74 Å². The number of aryl methyl sites for hydroxylation is 3. The third kappa shape index (κ3) is 3.20. The van der Waals surface area contributed by atoms with Crippen molar-refractivity contribution in [3.05, 3.63) is 44.1 Å². The van der Waals surface area contributed by atoms with Gasteiger partial charge >= 0.3 is 0 Å². The van der Waals surface area contributed by atoms with Crippen LogP contribution in [-0.2, 0) is 13.2 Å². The van der Waals surface area contributed by atoms with E-state index in [1.807, 2.05) is 36.7 Å². The fourth-order valence-corrected chi connectivity index (χ4v) is 2.62. The number of aromatic nitrogens is 2. The van der Waals surface area contributed by atoms with Crippen molar-refractivity contribution in [1.82, 2.24) is 9.78 Å². The largest absolute Gasteiger partial charge is 0.487 e. The van der Waals surface area contributed by atoms with Crippen LogP contribution in [0.5, 0.6) is 5.75 Å². The summed E-state index contributed by atoms with van der Waals surface area (Å²) < 4.78 is 9.93. The molecule has 1 heterocycles. The minimum Gasteiger partial charge on any atom is -0.487 e. The molecule has 2 aromatic rings. The molecule has 102 valence electrons. The zero-order valence-corrected chi connectivity index (χ0v) is 14.4. The van der Waals surface area contributed by atoms with Gasteiger partial charge in [-0.3, -0.25) is 4.68 Å². The first-order valence-corrected chi connectivity index (χ1v) is 7.72. The molecule has 0 saturated carbocycles. The Bertz CT molecular complexity index is 593. The Hall–Kier alpha value is -0.810. The third-order valence-corrected chi connectivity index (χ3v) is 4.49. The van der Waals surface area contributed by atoms with Gasteiger partial charge in [0.1, 0.15) is 12.4 Å². The van der Waals surface area contributed by atoms with Crippen LogP contribution in [0.3, 0.4) is 0 Å². The lowest BCUT2D eigenvalue weighted by molar-refractivity contribution is 0.289. The molecule has 2 rings (SSSR count). The van der Waals surface area contributed by atoms with E-state index in [0.29, 0.717) is 6.61 Å². The average Bonchev–Trinajstić information content (AvgIpc) is 2.66. The minimum atomic E-state index is 0.507. The van der Waals surface area contributed by atoms with Crippen molar-refractivity contribution in [2.75, 3.05) is 0 Å². The highest BCUT2D eigenvalue weighted by atomic mass is 79.9. The highest BCUT2D eigenvalue weighted by Crippen LogP contribution is 2.26. The molecule has 0 unspecified atom stereocenters. The zero-order chi connectivity index (χ0) is 14.0. The van der Waals surface area contributed by atoms with Crippen LogP contribution in [0.1, 0.15) is 23.9 Å². The van der Waals surface area contributed by atoms with Crippen LogP contribution >= 0.6 is 31.9 Å². The van der Waals surface area contributed by atoms with E-state index in [0.717, 1.165) is 38.2 Å². The lowest BCUT2D eigenvalue weighted by Crippen LogP contribution is -2.07. The Morgan fingerprint density at radius 3 is 2.68 bits per heavy atom. The highest BCUT2D eigenvalue weighted by Gasteiger charge is 2.13. The second kappa shape index (κ2) is 6.09. The normalized spacial score (nSPS) is 10.8. The van der Waals surface area contributed by atoms with Gasteiger partial charge in [-0.15, -0.1) is 0 Å². The Kier molecular flexibility index (Phi) is 4.68. The molecule has 0 spiro atoms. The Labute approximate surface area is 130 Å². The quantitative estimate of drug-likeness (QED) is 0.764. The van der Waals surface area contributed by atoms with Gasteiger partial charge in [0.2, 0.25) is 0 Å². The molecule has 19 heavy (non-hydrogen) atoms. The van der Waals surface area contributed by atoms with E-state index < -0.39 is 0 Å². The maximum Gasteiger partial charge on any atom is 0.131 e. The number of hydrogen-bond donors (Lipinski definition) is 0. The number of halogens is 2. The summed E-state index contributed by atoms with van der Waals surface area (Å²) in [4.78, 5) is 0. The Morgan fingerprint density at radius 1 is 1.26 bits per heavy atom. The molecule has 0 saturated heterocycles. The van der Waals surface area contributed by atoms with Gasteiger partial charge in [-0.1, -0.05) is 22.0 Å². The first-order valence-electron chi connectivity index (χ1n) is 6.13. The highest BCUT2D eigenvalue weighted by molar-refractivity contribution is 9.10. The van der Waals surface area contributed by atoms with E-state index in [-0.39, 0.29) is 0 Å². The molecule has 0 aliphatic heterocycles. The summed E-state index contributed by atoms with van der Waals surface area (Å²) in [7, 11) is 0. The maximum absolute atomic E-state index is 5.92. The van der Waals surface area contributed by atoms with E-state index in [2.05, 4.69) is 43.9 Å². The summed E-state index contributed by atoms with van der Waals surface area (Å²) in [6.07, 6.45) is 0. The van der Waals surface area contributed by atoms with Gasteiger partial charge in [0.25, 0.3) is 0 Å². The summed E-state index contributed by atoms with van der Waals surface area (Å²) in [6.45, 7) is 7.45. The van der Waals surface area contributed by atoms with Crippen molar-refractivity contribution in [1.29, 1.82) is 0 Å². The van der Waals surface area contributed by atoms with E-state index in [4.69, 9.17) is 4.74 Å². The minimum absolute atomic E-state index is 0.507. The van der Waals surface area contributed by atoms with Crippen LogP contribution in [0.25, 0.3) is 0 Å². The van der Waals surface area contributed by atoms with Crippen molar-refractivity contribution in [3.8, 4) is 5.75 Å². The molecule has 3 nitrogen and oxygen atoms in total. The number of hydrogen-bond acceptors (Lipinski definition) is 2. The smallest absolute Gasteiger partial charge is 0.131 e. The van der Waals surface area contributed by atoms with E-state index in [1.54, 1.807) is 0 Å². The standard InChI is InChI=1S/C14H16Br2N2O/c1-4-18-12(14(16)10(3)17-18)8-19-13-7-11(15)6-5-9(13)2/h5-7H,4,8H2,1-3H3. The van der Waals surface area contributed by atoms with Crippen LogP contribution in [-0.4, -0.2) is 9.78 Å². The van der Waals surface area contributed by atoms with Crippen LogP contribution in [0.15, 0.2) is 27.1 Å². The molecule has 0 atom stereocenters. The molecule has 0 aliphatic rings. The number of nitrogens with zero attached hydrogens (tertiary/aromatic N) is 2. The summed E-state index contributed by atoms with van der Waals surface area (Å²) in [6, 6.07) is 6.04. The van der Waals surface area contributed by atoms with Crippen LogP contribution in [0.2, 0.25) is 0 Å². The molecule has 0 N–H and O–H groups in total. The van der Waals surface area contributed by atoms with E-state index >= 15 is 0 Å². The lowest BCUT2D eigenvalue weighted by Gasteiger charge is -2.11. The van der Waals surface area contributed by atoms with Gasteiger partial charge in [-0.05, 0) is 54.4 Å². The summed E-state index contributed by atoms with van der Waals surface area (Å²) >= 11 is 7.04. The molecule has 0 fully saturated rings. The van der Waals surface area contributed by atoms with Crippen molar-refractivity contribution in [2.24, 2.45) is 0 Å². The van der Waals surface area contributed by atoms with Gasteiger partial charge in [0.15, 0.2) is 0 Å². The second-order valence-corrected chi connectivity index (χ2v) is 6.07. The molecule has 0 radical (unpaired) electrons. The van der Waals surface area contributed by atoms with E-state index in [1.165, 1.54) is 0 Å².